The van der Waals surface area contributed by atoms with Gasteiger partial charge in [-0.05, 0) is 26.0 Å². The van der Waals surface area contributed by atoms with Crippen molar-refractivity contribution in [2.45, 2.75) is 26.3 Å². The summed E-state index contributed by atoms with van der Waals surface area (Å²) in [5.74, 6) is -1.95. The first-order valence-electron chi connectivity index (χ1n) is 9.11. The monoisotopic (exact) mass is 386 g/mol. The molecule has 6 nitrogen and oxygen atoms in total. The molecule has 148 valence electrons. The number of aromatic nitrogens is 1. The molecule has 1 N–H and O–H groups in total. The molecule has 0 saturated carbocycles. The lowest BCUT2D eigenvalue weighted by atomic mass is 9.81. The normalized spacial score (nSPS) is 15.8. The first-order valence-corrected chi connectivity index (χ1v) is 9.11. The van der Waals surface area contributed by atoms with Crippen molar-refractivity contribution in [3.05, 3.63) is 75.1 Å². The molecule has 2 aromatic rings. The zero-order valence-corrected chi connectivity index (χ0v) is 16.1. The van der Waals surface area contributed by atoms with Gasteiger partial charge in [0.2, 0.25) is 0 Å². The van der Waals surface area contributed by atoms with Crippen LogP contribution in [0.3, 0.4) is 0 Å². The number of halogens is 1. The number of pyridine rings is 1. The van der Waals surface area contributed by atoms with Gasteiger partial charge in [-0.25, -0.2) is 9.18 Å². The van der Waals surface area contributed by atoms with Gasteiger partial charge in [0.05, 0.1) is 30.8 Å². The Morgan fingerprint density at radius 3 is 2.71 bits per heavy atom. The minimum absolute atomic E-state index is 0.222. The number of allylic oxidation sites excluding steroid dienone is 1. The van der Waals surface area contributed by atoms with Crippen molar-refractivity contribution in [1.29, 1.82) is 0 Å². The summed E-state index contributed by atoms with van der Waals surface area (Å²) in [5, 5.41) is 3.09. The average Bonchev–Trinajstić information content (AvgIpc) is 2.69. The molecule has 0 fully saturated rings. The summed E-state index contributed by atoms with van der Waals surface area (Å²) in [4.78, 5) is 25.8. The number of carbonyl (C=O) groups is 1. The van der Waals surface area contributed by atoms with E-state index in [1.807, 2.05) is 6.92 Å². The van der Waals surface area contributed by atoms with Crippen LogP contribution >= 0.6 is 0 Å². The van der Waals surface area contributed by atoms with Crippen LogP contribution in [0.5, 0.6) is 0 Å². The van der Waals surface area contributed by atoms with Crippen molar-refractivity contribution in [2.75, 3.05) is 25.6 Å². The molecule has 1 aromatic heterocycles. The fraction of sp³-hybridized carbons (Fsp3) is 0.333. The van der Waals surface area contributed by atoms with E-state index in [1.165, 1.54) is 17.7 Å². The Hall–Kier alpha value is -2.93. The summed E-state index contributed by atoms with van der Waals surface area (Å²) in [5.41, 5.74) is 1.57. The summed E-state index contributed by atoms with van der Waals surface area (Å²) in [6.07, 6.45) is 1.67. The van der Waals surface area contributed by atoms with Crippen LogP contribution in [0, 0.1) is 5.82 Å². The highest BCUT2D eigenvalue weighted by Crippen LogP contribution is 2.41. The largest absolute Gasteiger partial charge is 0.466 e. The summed E-state index contributed by atoms with van der Waals surface area (Å²) in [7, 11) is 1.27. The number of nitrogens with one attached hydrogen (secondary N) is 1. The molecule has 3 rings (SSSR count). The Balaban J connectivity index is 2.21. The third-order valence-electron chi connectivity index (χ3n) is 4.81. The van der Waals surface area contributed by atoms with Crippen LogP contribution in [0.1, 0.15) is 30.9 Å². The lowest BCUT2D eigenvalue weighted by Crippen LogP contribution is -2.33. The highest BCUT2D eigenvalue weighted by atomic mass is 19.1. The molecule has 2 heterocycles. The number of fused-ring (bicyclic) bond motifs is 1. The first-order chi connectivity index (χ1) is 13.5. The highest BCUT2D eigenvalue weighted by Gasteiger charge is 2.36. The third-order valence-corrected chi connectivity index (χ3v) is 4.81. The van der Waals surface area contributed by atoms with Crippen molar-refractivity contribution in [1.82, 2.24) is 4.57 Å². The molecule has 0 saturated heterocycles. The zero-order valence-electron chi connectivity index (χ0n) is 16.1. The van der Waals surface area contributed by atoms with Gasteiger partial charge in [0.15, 0.2) is 0 Å². The van der Waals surface area contributed by atoms with Gasteiger partial charge in [0.25, 0.3) is 5.56 Å². The molecular formula is C21H23FN2O4. The SMILES string of the molecule is CCOCCn1ccc2c(c1=O)C(c1ccccc1F)C(C(=O)OC)=C(C)N2. The molecule has 28 heavy (non-hydrogen) atoms. The van der Waals surface area contributed by atoms with E-state index in [0.717, 1.165) is 0 Å². The van der Waals surface area contributed by atoms with E-state index in [2.05, 4.69) is 5.32 Å². The number of carbonyl (C=O) groups excluding carboxylic acids is 1. The second kappa shape index (κ2) is 8.39. The van der Waals surface area contributed by atoms with E-state index in [-0.39, 0.29) is 16.7 Å². The van der Waals surface area contributed by atoms with Crippen molar-refractivity contribution in [3.8, 4) is 0 Å². The van der Waals surface area contributed by atoms with E-state index in [0.29, 0.717) is 36.7 Å². The number of methoxy groups -OCH3 is 1. The molecule has 7 heteroatoms. The average molecular weight is 386 g/mol. The Morgan fingerprint density at radius 1 is 1.29 bits per heavy atom. The van der Waals surface area contributed by atoms with E-state index >= 15 is 0 Å². The predicted molar refractivity (Wildman–Crippen MR) is 104 cm³/mol. The van der Waals surface area contributed by atoms with Crippen LogP contribution in [-0.2, 0) is 20.8 Å². The van der Waals surface area contributed by atoms with E-state index in [9.17, 15) is 14.0 Å². The molecular weight excluding hydrogens is 363 g/mol. The molecule has 0 aliphatic carbocycles. The van der Waals surface area contributed by atoms with Gasteiger partial charge in [-0.1, -0.05) is 18.2 Å². The van der Waals surface area contributed by atoms with E-state index in [4.69, 9.17) is 9.47 Å². The van der Waals surface area contributed by atoms with Crippen LogP contribution in [0.25, 0.3) is 0 Å². The van der Waals surface area contributed by atoms with Crippen molar-refractivity contribution in [3.63, 3.8) is 0 Å². The minimum Gasteiger partial charge on any atom is -0.466 e. The van der Waals surface area contributed by atoms with Crippen LogP contribution in [0.2, 0.25) is 0 Å². The fourth-order valence-corrected chi connectivity index (χ4v) is 3.49. The minimum atomic E-state index is -0.864. The summed E-state index contributed by atoms with van der Waals surface area (Å²) < 4.78 is 26.5. The lowest BCUT2D eigenvalue weighted by molar-refractivity contribution is -0.136. The second-order valence-electron chi connectivity index (χ2n) is 6.45. The molecule has 0 spiro atoms. The topological polar surface area (TPSA) is 69.6 Å². The zero-order chi connectivity index (χ0) is 20.3. The number of nitrogens with zero attached hydrogens (tertiary/aromatic N) is 1. The molecule has 0 bridgehead atoms. The van der Waals surface area contributed by atoms with Gasteiger partial charge in [-0.15, -0.1) is 0 Å². The Labute approximate surface area is 162 Å². The molecule has 1 aromatic carbocycles. The lowest BCUT2D eigenvalue weighted by Gasteiger charge is -2.30. The first kappa shape index (κ1) is 19.8. The van der Waals surface area contributed by atoms with Gasteiger partial charge < -0.3 is 19.4 Å². The predicted octanol–water partition coefficient (Wildman–Crippen LogP) is 3.03. The Kier molecular flexibility index (Phi) is 5.94. The van der Waals surface area contributed by atoms with Gasteiger partial charge in [0, 0.05) is 36.3 Å². The van der Waals surface area contributed by atoms with Crippen LogP contribution in [-0.4, -0.2) is 30.9 Å². The number of esters is 1. The standard InChI is InChI=1S/C21H23FN2O4/c1-4-28-12-11-24-10-9-16-19(20(24)25)18(14-7-5-6-8-15(14)22)17(13(2)23-16)21(26)27-3/h5-10,18,23H,4,11-12H2,1-3H3. The van der Waals surface area contributed by atoms with Crippen molar-refractivity contribution >= 4 is 11.7 Å². The summed E-state index contributed by atoms with van der Waals surface area (Å²) in [6.45, 7) is 4.88. The fourth-order valence-electron chi connectivity index (χ4n) is 3.49. The van der Waals surface area contributed by atoms with Gasteiger partial charge in [-0.2, -0.15) is 0 Å². The smallest absolute Gasteiger partial charge is 0.336 e. The molecule has 1 unspecified atom stereocenters. The number of benzene rings is 1. The number of hydrogen-bond donors (Lipinski definition) is 1. The quantitative estimate of drug-likeness (QED) is 0.611. The van der Waals surface area contributed by atoms with Gasteiger partial charge >= 0.3 is 5.97 Å². The maximum Gasteiger partial charge on any atom is 0.336 e. The molecule has 0 amide bonds. The van der Waals surface area contributed by atoms with Crippen molar-refractivity contribution in [2.24, 2.45) is 0 Å². The number of rotatable bonds is 6. The molecule has 0 radical (unpaired) electrons. The van der Waals surface area contributed by atoms with Crippen LogP contribution in [0.15, 0.2) is 52.6 Å². The Bertz CT molecular complexity index is 981. The summed E-state index contributed by atoms with van der Waals surface area (Å²) in [6, 6.07) is 7.91. The van der Waals surface area contributed by atoms with Gasteiger partial charge in [0.1, 0.15) is 5.82 Å². The van der Waals surface area contributed by atoms with E-state index in [1.54, 1.807) is 37.4 Å². The van der Waals surface area contributed by atoms with Crippen LogP contribution < -0.4 is 10.9 Å². The van der Waals surface area contributed by atoms with E-state index < -0.39 is 17.7 Å². The van der Waals surface area contributed by atoms with Gasteiger partial charge in [-0.3, -0.25) is 4.79 Å². The van der Waals surface area contributed by atoms with Crippen LogP contribution in [0.4, 0.5) is 10.1 Å². The number of ether oxygens (including phenoxy) is 2. The molecule has 1 aliphatic heterocycles. The second-order valence-corrected chi connectivity index (χ2v) is 6.45. The Morgan fingerprint density at radius 2 is 2.04 bits per heavy atom. The van der Waals surface area contributed by atoms with Crippen molar-refractivity contribution < 1.29 is 18.7 Å². The summed E-state index contributed by atoms with van der Waals surface area (Å²) >= 11 is 0. The maximum atomic E-state index is 14.7. The number of hydrogen-bond acceptors (Lipinski definition) is 5. The third kappa shape index (κ3) is 3.57. The molecule has 1 atom stereocenters. The maximum absolute atomic E-state index is 14.7. The molecule has 1 aliphatic rings. The number of anilines is 1. The highest BCUT2D eigenvalue weighted by molar-refractivity contribution is 5.94.